The summed E-state index contributed by atoms with van der Waals surface area (Å²) in [6.45, 7) is 0. The lowest BCUT2D eigenvalue weighted by atomic mass is 10.0. The quantitative estimate of drug-likeness (QED) is 0.188. The molecule has 8 aromatic carbocycles. The molecule has 2 aromatic heterocycles. The summed E-state index contributed by atoms with van der Waals surface area (Å²) in [7, 11) is 0. The van der Waals surface area contributed by atoms with Gasteiger partial charge in [-0.3, -0.25) is 0 Å². The number of hydrogen-bond acceptors (Lipinski definition) is 0. The van der Waals surface area contributed by atoms with E-state index in [2.05, 4.69) is 191 Å². The predicted octanol–water partition coefficient (Wildman–Crippen LogP) is 12.4. The zero-order valence-corrected chi connectivity index (χ0v) is 26.2. The van der Waals surface area contributed by atoms with Crippen molar-refractivity contribution in [3.05, 3.63) is 182 Å². The van der Waals surface area contributed by atoms with Gasteiger partial charge < -0.3 is 9.13 Å². The van der Waals surface area contributed by atoms with E-state index in [4.69, 9.17) is 0 Å². The number of rotatable bonds is 4. The van der Waals surface area contributed by atoms with Gasteiger partial charge in [0, 0.05) is 32.9 Å². The lowest BCUT2D eigenvalue weighted by Crippen LogP contribution is -1.99. The predicted molar refractivity (Wildman–Crippen MR) is 203 cm³/mol. The molecule has 0 fully saturated rings. The van der Waals surface area contributed by atoms with Gasteiger partial charge in [-0.25, -0.2) is 0 Å². The van der Waals surface area contributed by atoms with E-state index in [1.807, 2.05) is 0 Å². The van der Waals surface area contributed by atoms with Crippen molar-refractivity contribution in [3.63, 3.8) is 0 Å². The average molecular weight is 611 g/mol. The van der Waals surface area contributed by atoms with E-state index in [9.17, 15) is 0 Å². The van der Waals surface area contributed by atoms with Gasteiger partial charge in [0.15, 0.2) is 0 Å². The van der Waals surface area contributed by atoms with Crippen molar-refractivity contribution in [2.45, 2.75) is 0 Å². The molecular weight excluding hydrogens is 581 g/mol. The fourth-order valence-electron chi connectivity index (χ4n) is 7.66. The minimum Gasteiger partial charge on any atom is -0.307 e. The van der Waals surface area contributed by atoms with Crippen molar-refractivity contribution >= 4 is 54.4 Å². The normalized spacial score (nSPS) is 11.8. The number of fused-ring (bicyclic) bond motifs is 8. The second-order valence-electron chi connectivity index (χ2n) is 12.6. The summed E-state index contributed by atoms with van der Waals surface area (Å²) in [6.07, 6.45) is 0. The molecule has 10 aromatic rings. The Morgan fingerprint density at radius 1 is 0.271 bits per heavy atom. The molecule has 0 N–H and O–H groups in total. The number of para-hydroxylation sites is 2. The SMILES string of the molecule is c1ccc(-c2ccc(-n3c4ccccc4c4ccc5c6ccccc6n(-c6cccc(-c7ccc8ccccc8c7)c6)c5c43)cc2)cc1. The van der Waals surface area contributed by atoms with Crippen LogP contribution in [-0.4, -0.2) is 9.13 Å². The Kier molecular flexibility index (Phi) is 5.91. The van der Waals surface area contributed by atoms with Crippen LogP contribution in [-0.2, 0) is 0 Å². The minimum atomic E-state index is 1.15. The van der Waals surface area contributed by atoms with Crippen LogP contribution >= 0.6 is 0 Å². The molecule has 2 heteroatoms. The summed E-state index contributed by atoms with van der Waals surface area (Å²) in [5.74, 6) is 0. The molecule has 0 saturated heterocycles. The Morgan fingerprint density at radius 3 is 1.50 bits per heavy atom. The van der Waals surface area contributed by atoms with Crippen LogP contribution < -0.4 is 0 Å². The van der Waals surface area contributed by atoms with E-state index in [0.29, 0.717) is 0 Å². The van der Waals surface area contributed by atoms with E-state index in [0.717, 1.165) is 11.4 Å². The average Bonchev–Trinajstić information content (AvgIpc) is 3.68. The Morgan fingerprint density at radius 2 is 0.792 bits per heavy atom. The zero-order chi connectivity index (χ0) is 31.6. The molecule has 2 nitrogen and oxygen atoms in total. The van der Waals surface area contributed by atoms with Crippen molar-refractivity contribution in [3.8, 4) is 33.6 Å². The molecule has 0 radical (unpaired) electrons. The van der Waals surface area contributed by atoms with Crippen molar-refractivity contribution in [1.29, 1.82) is 0 Å². The van der Waals surface area contributed by atoms with Gasteiger partial charge in [0.2, 0.25) is 0 Å². The summed E-state index contributed by atoms with van der Waals surface area (Å²) in [6, 6.07) is 66.2. The Balaban J connectivity index is 1.27. The van der Waals surface area contributed by atoms with Crippen LogP contribution in [0.3, 0.4) is 0 Å². The number of benzene rings is 8. The van der Waals surface area contributed by atoms with Crippen LogP contribution in [0.25, 0.3) is 88.0 Å². The first-order chi connectivity index (χ1) is 23.8. The lowest BCUT2D eigenvalue weighted by Gasteiger charge is -2.14. The Labute approximate surface area is 278 Å². The van der Waals surface area contributed by atoms with Crippen LogP contribution in [0.2, 0.25) is 0 Å². The van der Waals surface area contributed by atoms with Gasteiger partial charge >= 0.3 is 0 Å². The lowest BCUT2D eigenvalue weighted by molar-refractivity contribution is 1.15. The standard InChI is InChI=1S/C46H30N2/c1-2-11-31(12-3-1)33-23-25-37(26-24-33)47-43-19-8-6-17-39(43)41-27-28-42-40-18-7-9-20-44(40)48(46(42)45(41)47)38-16-10-15-35(30-38)36-22-21-32-13-4-5-14-34(32)29-36/h1-30H. The minimum absolute atomic E-state index is 1.15. The topological polar surface area (TPSA) is 9.86 Å². The van der Waals surface area contributed by atoms with Gasteiger partial charge in [-0.15, -0.1) is 0 Å². The van der Waals surface area contributed by atoms with Gasteiger partial charge in [-0.05, 0) is 75.5 Å². The summed E-state index contributed by atoms with van der Waals surface area (Å²) in [5, 5.41) is 7.51. The van der Waals surface area contributed by atoms with E-state index in [1.165, 1.54) is 76.6 Å². The van der Waals surface area contributed by atoms with Gasteiger partial charge in [-0.1, -0.05) is 140 Å². The summed E-state index contributed by atoms with van der Waals surface area (Å²) in [5.41, 5.74) is 12.0. The first-order valence-electron chi connectivity index (χ1n) is 16.5. The first-order valence-corrected chi connectivity index (χ1v) is 16.5. The van der Waals surface area contributed by atoms with Crippen LogP contribution in [0.1, 0.15) is 0 Å². The summed E-state index contributed by atoms with van der Waals surface area (Å²) in [4.78, 5) is 0. The third kappa shape index (κ3) is 4.06. The fraction of sp³-hybridized carbons (Fsp3) is 0. The van der Waals surface area contributed by atoms with Crippen molar-refractivity contribution in [1.82, 2.24) is 9.13 Å². The van der Waals surface area contributed by atoms with Crippen LogP contribution in [0, 0.1) is 0 Å². The van der Waals surface area contributed by atoms with E-state index in [-0.39, 0.29) is 0 Å². The van der Waals surface area contributed by atoms with Crippen LogP contribution in [0.4, 0.5) is 0 Å². The van der Waals surface area contributed by atoms with Crippen molar-refractivity contribution in [2.75, 3.05) is 0 Å². The highest BCUT2D eigenvalue weighted by Gasteiger charge is 2.21. The van der Waals surface area contributed by atoms with Gasteiger partial charge in [-0.2, -0.15) is 0 Å². The van der Waals surface area contributed by atoms with E-state index >= 15 is 0 Å². The highest BCUT2D eigenvalue weighted by atomic mass is 15.0. The fourth-order valence-corrected chi connectivity index (χ4v) is 7.66. The molecule has 10 rings (SSSR count). The molecule has 0 bridgehead atoms. The molecule has 0 unspecified atom stereocenters. The monoisotopic (exact) mass is 610 g/mol. The molecule has 0 saturated carbocycles. The summed E-state index contributed by atoms with van der Waals surface area (Å²) >= 11 is 0. The molecule has 2 heterocycles. The van der Waals surface area contributed by atoms with E-state index < -0.39 is 0 Å². The molecular formula is C46H30N2. The van der Waals surface area contributed by atoms with Gasteiger partial charge in [0.1, 0.15) is 0 Å². The van der Waals surface area contributed by atoms with E-state index in [1.54, 1.807) is 0 Å². The maximum atomic E-state index is 2.48. The Hall–Kier alpha value is -6.38. The maximum absolute atomic E-state index is 2.48. The third-order valence-electron chi connectivity index (χ3n) is 9.89. The maximum Gasteiger partial charge on any atom is 0.0788 e. The van der Waals surface area contributed by atoms with Crippen molar-refractivity contribution < 1.29 is 0 Å². The molecule has 0 atom stereocenters. The summed E-state index contributed by atoms with van der Waals surface area (Å²) < 4.78 is 4.94. The van der Waals surface area contributed by atoms with Crippen molar-refractivity contribution in [2.24, 2.45) is 0 Å². The molecule has 48 heavy (non-hydrogen) atoms. The molecule has 0 spiro atoms. The largest absolute Gasteiger partial charge is 0.307 e. The molecule has 0 aliphatic rings. The van der Waals surface area contributed by atoms with Gasteiger partial charge in [0.05, 0.1) is 22.1 Å². The molecule has 0 amide bonds. The number of aromatic nitrogens is 2. The number of nitrogens with zero attached hydrogens (tertiary/aromatic N) is 2. The molecule has 0 aliphatic heterocycles. The molecule has 224 valence electrons. The highest BCUT2D eigenvalue weighted by molar-refractivity contribution is 6.23. The molecule has 0 aliphatic carbocycles. The Bertz CT molecular complexity index is 2820. The zero-order valence-electron chi connectivity index (χ0n) is 26.2. The second kappa shape index (κ2) is 10.6. The second-order valence-corrected chi connectivity index (χ2v) is 12.6. The highest BCUT2D eigenvalue weighted by Crippen LogP contribution is 2.42. The van der Waals surface area contributed by atoms with Gasteiger partial charge in [0.25, 0.3) is 0 Å². The third-order valence-corrected chi connectivity index (χ3v) is 9.89. The number of hydrogen-bond donors (Lipinski definition) is 0. The van der Waals surface area contributed by atoms with Crippen LogP contribution in [0.15, 0.2) is 182 Å². The van der Waals surface area contributed by atoms with Crippen LogP contribution in [0.5, 0.6) is 0 Å². The first kappa shape index (κ1) is 26.8. The smallest absolute Gasteiger partial charge is 0.0788 e.